The van der Waals surface area contributed by atoms with Crippen LogP contribution in [-0.4, -0.2) is 28.7 Å². The normalized spacial score (nSPS) is 22.1. The predicted molar refractivity (Wildman–Crippen MR) is 101 cm³/mol. The van der Waals surface area contributed by atoms with E-state index in [2.05, 4.69) is 42.3 Å². The van der Waals surface area contributed by atoms with Crippen molar-refractivity contribution in [1.82, 2.24) is 4.90 Å². The fourth-order valence-corrected chi connectivity index (χ4v) is 4.54. The van der Waals surface area contributed by atoms with Gasteiger partial charge >= 0.3 is 0 Å². The SMILES string of the molecule is Br.CN1CCc2cc(O)c(O)cc2C1C1(c2ccccc2)CCC1. The lowest BCUT2D eigenvalue weighted by Gasteiger charge is -2.53. The van der Waals surface area contributed by atoms with Crippen molar-refractivity contribution in [3.63, 3.8) is 0 Å². The van der Waals surface area contributed by atoms with Crippen LogP contribution in [0.15, 0.2) is 42.5 Å². The molecule has 3 nitrogen and oxygen atoms in total. The van der Waals surface area contributed by atoms with Crippen LogP contribution in [0.1, 0.15) is 42.0 Å². The summed E-state index contributed by atoms with van der Waals surface area (Å²) in [6.45, 7) is 0.983. The highest BCUT2D eigenvalue weighted by Crippen LogP contribution is 2.56. The topological polar surface area (TPSA) is 43.7 Å². The number of phenols is 2. The van der Waals surface area contributed by atoms with Gasteiger partial charge in [0.25, 0.3) is 0 Å². The summed E-state index contributed by atoms with van der Waals surface area (Å²) in [4.78, 5) is 2.42. The molecule has 24 heavy (non-hydrogen) atoms. The number of hydrogen-bond acceptors (Lipinski definition) is 3. The van der Waals surface area contributed by atoms with E-state index in [1.807, 2.05) is 0 Å². The third-order valence-corrected chi connectivity index (χ3v) is 5.82. The second-order valence-electron chi connectivity index (χ2n) is 7.05. The standard InChI is InChI=1S/C20H23NO2.BrH/c1-21-11-8-14-12-17(22)18(23)13-16(14)19(21)20(9-5-10-20)15-6-3-2-4-7-15;/h2-4,6-7,12-13,19,22-23H,5,8-11H2,1H3;1H. The van der Waals surface area contributed by atoms with Gasteiger partial charge in [-0.3, -0.25) is 4.90 Å². The molecule has 4 heteroatoms. The van der Waals surface area contributed by atoms with Gasteiger partial charge in [-0.25, -0.2) is 0 Å². The number of fused-ring (bicyclic) bond motifs is 1. The van der Waals surface area contributed by atoms with Crippen LogP contribution >= 0.6 is 17.0 Å². The second-order valence-corrected chi connectivity index (χ2v) is 7.05. The van der Waals surface area contributed by atoms with Gasteiger partial charge < -0.3 is 10.2 Å². The molecule has 1 atom stereocenters. The van der Waals surface area contributed by atoms with E-state index in [1.165, 1.54) is 36.0 Å². The molecule has 0 radical (unpaired) electrons. The molecule has 0 amide bonds. The molecule has 0 aromatic heterocycles. The van der Waals surface area contributed by atoms with Crippen LogP contribution in [0.25, 0.3) is 0 Å². The van der Waals surface area contributed by atoms with Crippen LogP contribution in [0.5, 0.6) is 11.5 Å². The monoisotopic (exact) mass is 389 g/mol. The molecule has 1 aliphatic heterocycles. The van der Waals surface area contributed by atoms with E-state index >= 15 is 0 Å². The smallest absolute Gasteiger partial charge is 0.157 e. The predicted octanol–water partition coefficient (Wildman–Crippen LogP) is 4.33. The first-order valence-electron chi connectivity index (χ1n) is 8.42. The van der Waals surface area contributed by atoms with Crippen molar-refractivity contribution in [2.45, 2.75) is 37.1 Å². The van der Waals surface area contributed by atoms with Crippen molar-refractivity contribution in [1.29, 1.82) is 0 Å². The number of hydrogen-bond donors (Lipinski definition) is 2. The Morgan fingerprint density at radius 1 is 1.04 bits per heavy atom. The zero-order valence-electron chi connectivity index (χ0n) is 13.9. The zero-order valence-corrected chi connectivity index (χ0v) is 15.6. The maximum absolute atomic E-state index is 10.0. The quantitative estimate of drug-likeness (QED) is 0.751. The van der Waals surface area contributed by atoms with Gasteiger partial charge in [0.05, 0.1) is 0 Å². The van der Waals surface area contributed by atoms with Crippen LogP contribution in [0.2, 0.25) is 0 Å². The van der Waals surface area contributed by atoms with Gasteiger partial charge in [-0.15, -0.1) is 17.0 Å². The number of rotatable bonds is 2. The maximum Gasteiger partial charge on any atom is 0.157 e. The van der Waals surface area contributed by atoms with Crippen molar-refractivity contribution in [3.05, 3.63) is 59.2 Å². The fourth-order valence-electron chi connectivity index (χ4n) is 4.54. The minimum absolute atomic E-state index is 0. The summed E-state index contributed by atoms with van der Waals surface area (Å²) >= 11 is 0. The van der Waals surface area contributed by atoms with Gasteiger partial charge in [0, 0.05) is 18.0 Å². The largest absolute Gasteiger partial charge is 0.504 e. The minimum Gasteiger partial charge on any atom is -0.504 e. The summed E-state index contributed by atoms with van der Waals surface area (Å²) in [5.41, 5.74) is 3.86. The van der Waals surface area contributed by atoms with E-state index in [0.717, 1.165) is 13.0 Å². The molecule has 2 aromatic rings. The number of halogens is 1. The Hall–Kier alpha value is -1.52. The van der Waals surface area contributed by atoms with Crippen molar-refractivity contribution in [2.24, 2.45) is 0 Å². The minimum atomic E-state index is -0.00779. The first-order valence-corrected chi connectivity index (χ1v) is 8.42. The molecule has 1 heterocycles. The number of aromatic hydroxyl groups is 2. The molecule has 128 valence electrons. The summed E-state index contributed by atoms with van der Waals surface area (Å²) in [5, 5.41) is 19.9. The van der Waals surface area contributed by atoms with E-state index in [0.29, 0.717) is 0 Å². The molecular weight excluding hydrogens is 366 g/mol. The molecule has 1 unspecified atom stereocenters. The van der Waals surface area contributed by atoms with Gasteiger partial charge in [0.1, 0.15) is 0 Å². The van der Waals surface area contributed by atoms with Gasteiger partial charge in [0.2, 0.25) is 0 Å². The maximum atomic E-state index is 10.0. The van der Waals surface area contributed by atoms with Crippen molar-refractivity contribution in [3.8, 4) is 11.5 Å². The summed E-state index contributed by atoms with van der Waals surface area (Å²) < 4.78 is 0. The molecular formula is C20H24BrNO2. The molecule has 0 spiro atoms. The second kappa shape index (κ2) is 6.41. The molecule has 1 aliphatic carbocycles. The average Bonchev–Trinajstić information content (AvgIpc) is 2.51. The lowest BCUT2D eigenvalue weighted by molar-refractivity contribution is 0.0715. The Morgan fingerprint density at radius 3 is 2.33 bits per heavy atom. The summed E-state index contributed by atoms with van der Waals surface area (Å²) in [6.07, 6.45) is 4.51. The third-order valence-electron chi connectivity index (χ3n) is 5.82. The Kier molecular flexibility index (Phi) is 4.63. The molecule has 2 aromatic carbocycles. The lowest BCUT2D eigenvalue weighted by atomic mass is 9.57. The van der Waals surface area contributed by atoms with Crippen LogP contribution in [0, 0.1) is 0 Å². The highest BCUT2D eigenvalue weighted by Gasteiger charge is 2.49. The molecule has 1 fully saturated rings. The Balaban J connectivity index is 0.00000169. The van der Waals surface area contributed by atoms with Gasteiger partial charge in [-0.2, -0.15) is 0 Å². The first kappa shape index (κ1) is 17.3. The Morgan fingerprint density at radius 2 is 1.71 bits per heavy atom. The van der Waals surface area contributed by atoms with E-state index in [-0.39, 0.29) is 39.9 Å². The van der Waals surface area contributed by atoms with Crippen LogP contribution in [-0.2, 0) is 11.8 Å². The Labute approximate surface area is 153 Å². The third kappa shape index (κ3) is 2.52. The zero-order chi connectivity index (χ0) is 16.0. The molecule has 2 aliphatic rings. The van der Waals surface area contributed by atoms with E-state index in [1.54, 1.807) is 12.1 Å². The lowest BCUT2D eigenvalue weighted by Crippen LogP contribution is -2.49. The fraction of sp³-hybridized carbons (Fsp3) is 0.400. The van der Waals surface area contributed by atoms with E-state index < -0.39 is 0 Å². The van der Waals surface area contributed by atoms with Crippen molar-refractivity contribution < 1.29 is 10.2 Å². The summed E-state index contributed by atoms with van der Waals surface area (Å²) in [6, 6.07) is 14.6. The van der Waals surface area contributed by atoms with Crippen LogP contribution < -0.4 is 0 Å². The highest BCUT2D eigenvalue weighted by molar-refractivity contribution is 8.93. The molecule has 4 rings (SSSR count). The number of nitrogens with zero attached hydrogens (tertiary/aromatic N) is 1. The van der Waals surface area contributed by atoms with Crippen molar-refractivity contribution >= 4 is 17.0 Å². The van der Waals surface area contributed by atoms with E-state index in [4.69, 9.17) is 0 Å². The molecule has 2 N–H and O–H groups in total. The number of likely N-dealkylation sites (N-methyl/N-ethyl adjacent to an activating group) is 1. The molecule has 1 saturated carbocycles. The van der Waals surface area contributed by atoms with Gasteiger partial charge in [-0.05, 0) is 55.1 Å². The number of phenolic OH excluding ortho intramolecular Hbond substituents is 2. The molecule has 0 bridgehead atoms. The van der Waals surface area contributed by atoms with Crippen molar-refractivity contribution in [2.75, 3.05) is 13.6 Å². The Bertz CT molecular complexity index is 728. The summed E-state index contributed by atoms with van der Waals surface area (Å²) in [7, 11) is 2.18. The number of benzene rings is 2. The highest BCUT2D eigenvalue weighted by atomic mass is 79.9. The molecule has 0 saturated heterocycles. The summed E-state index contributed by atoms with van der Waals surface area (Å²) in [5.74, 6) is -0.0130. The van der Waals surface area contributed by atoms with E-state index in [9.17, 15) is 10.2 Å². The van der Waals surface area contributed by atoms with Crippen LogP contribution in [0.4, 0.5) is 0 Å². The van der Waals surface area contributed by atoms with Crippen LogP contribution in [0.3, 0.4) is 0 Å². The van der Waals surface area contributed by atoms with Gasteiger partial charge in [-0.1, -0.05) is 36.8 Å². The first-order chi connectivity index (χ1) is 11.1. The van der Waals surface area contributed by atoms with Gasteiger partial charge in [0.15, 0.2) is 11.5 Å². The average molecular weight is 390 g/mol.